The minimum atomic E-state index is -0.745. The average Bonchev–Trinajstić information content (AvgIpc) is 2.62. The zero-order valence-electron chi connectivity index (χ0n) is 11.6. The molecule has 1 aliphatic rings. The van der Waals surface area contributed by atoms with Crippen molar-refractivity contribution in [1.29, 1.82) is 0 Å². The van der Waals surface area contributed by atoms with E-state index in [2.05, 4.69) is 9.80 Å². The van der Waals surface area contributed by atoms with Crippen LogP contribution in [0.25, 0.3) is 0 Å². The summed E-state index contributed by atoms with van der Waals surface area (Å²) in [6, 6.07) is 6.71. The maximum absolute atomic E-state index is 13.2. The Morgan fingerprint density at radius 3 is 2.70 bits per heavy atom. The molecule has 20 heavy (non-hydrogen) atoms. The van der Waals surface area contributed by atoms with Crippen molar-refractivity contribution < 1.29 is 14.3 Å². The summed E-state index contributed by atoms with van der Waals surface area (Å²) in [6.45, 7) is 5.05. The first-order valence-corrected chi connectivity index (χ1v) is 7.04. The second kappa shape index (κ2) is 7.36. The van der Waals surface area contributed by atoms with Crippen molar-refractivity contribution in [3.05, 3.63) is 35.6 Å². The number of carboxylic acid groups (broad SMARTS) is 1. The van der Waals surface area contributed by atoms with Crippen LogP contribution in [0.4, 0.5) is 4.39 Å². The standard InChI is InChI=1S/C15H21FN2O2/c16-14-4-1-3-13(11-14)12-18-7-2-6-17(9-10-18)8-5-15(19)20/h1,3-4,11H,2,5-10,12H2,(H,19,20). The van der Waals surface area contributed by atoms with Crippen LogP contribution >= 0.6 is 0 Å². The molecule has 2 rings (SSSR count). The SMILES string of the molecule is O=C(O)CCN1CCCN(Cc2cccc(F)c2)CC1. The van der Waals surface area contributed by atoms with Crippen LogP contribution in [0.3, 0.4) is 0 Å². The first-order valence-electron chi connectivity index (χ1n) is 7.04. The van der Waals surface area contributed by atoms with Gasteiger partial charge in [0.15, 0.2) is 0 Å². The van der Waals surface area contributed by atoms with Crippen LogP contribution < -0.4 is 0 Å². The van der Waals surface area contributed by atoms with Crippen molar-refractivity contribution >= 4 is 5.97 Å². The van der Waals surface area contributed by atoms with Gasteiger partial charge in [0.2, 0.25) is 0 Å². The summed E-state index contributed by atoms with van der Waals surface area (Å²) in [7, 11) is 0. The highest BCUT2D eigenvalue weighted by molar-refractivity contribution is 5.66. The van der Waals surface area contributed by atoms with Crippen LogP contribution in [0.15, 0.2) is 24.3 Å². The van der Waals surface area contributed by atoms with Gasteiger partial charge in [-0.3, -0.25) is 9.69 Å². The van der Waals surface area contributed by atoms with E-state index < -0.39 is 5.97 Å². The van der Waals surface area contributed by atoms with Gasteiger partial charge in [0.25, 0.3) is 0 Å². The second-order valence-corrected chi connectivity index (χ2v) is 5.25. The molecule has 5 heteroatoms. The Kier molecular flexibility index (Phi) is 5.49. The lowest BCUT2D eigenvalue weighted by Crippen LogP contribution is -2.31. The third-order valence-corrected chi connectivity index (χ3v) is 3.62. The highest BCUT2D eigenvalue weighted by Gasteiger charge is 2.15. The van der Waals surface area contributed by atoms with E-state index in [4.69, 9.17) is 5.11 Å². The zero-order valence-corrected chi connectivity index (χ0v) is 11.6. The molecular formula is C15H21FN2O2. The minimum Gasteiger partial charge on any atom is -0.481 e. The monoisotopic (exact) mass is 280 g/mol. The molecule has 0 aromatic heterocycles. The lowest BCUT2D eigenvalue weighted by atomic mass is 10.2. The normalized spacial score (nSPS) is 17.9. The van der Waals surface area contributed by atoms with E-state index in [0.717, 1.165) is 44.7 Å². The number of hydrogen-bond donors (Lipinski definition) is 1. The Labute approximate surface area is 118 Å². The molecule has 1 aliphatic heterocycles. The highest BCUT2D eigenvalue weighted by Crippen LogP contribution is 2.10. The number of aliphatic carboxylic acids is 1. The third kappa shape index (κ3) is 4.90. The van der Waals surface area contributed by atoms with Crippen molar-refractivity contribution in [3.8, 4) is 0 Å². The number of hydrogen-bond acceptors (Lipinski definition) is 3. The number of rotatable bonds is 5. The summed E-state index contributed by atoms with van der Waals surface area (Å²) in [6.07, 6.45) is 1.22. The minimum absolute atomic E-state index is 0.194. The van der Waals surface area contributed by atoms with Crippen LogP contribution in [0.1, 0.15) is 18.4 Å². The van der Waals surface area contributed by atoms with Gasteiger partial charge >= 0.3 is 5.97 Å². The topological polar surface area (TPSA) is 43.8 Å². The van der Waals surface area contributed by atoms with E-state index in [1.54, 1.807) is 12.1 Å². The fraction of sp³-hybridized carbons (Fsp3) is 0.533. The van der Waals surface area contributed by atoms with Crippen molar-refractivity contribution in [2.75, 3.05) is 32.7 Å². The van der Waals surface area contributed by atoms with Crippen LogP contribution in [-0.2, 0) is 11.3 Å². The average molecular weight is 280 g/mol. The molecule has 0 spiro atoms. The number of carbonyl (C=O) groups is 1. The predicted molar refractivity (Wildman–Crippen MR) is 75.0 cm³/mol. The van der Waals surface area contributed by atoms with Crippen molar-refractivity contribution in [1.82, 2.24) is 9.80 Å². The Hall–Kier alpha value is -1.46. The lowest BCUT2D eigenvalue weighted by molar-refractivity contribution is -0.137. The fourth-order valence-electron chi connectivity index (χ4n) is 2.55. The van der Waals surface area contributed by atoms with Crippen LogP contribution in [0.2, 0.25) is 0 Å². The number of nitrogens with zero attached hydrogens (tertiary/aromatic N) is 2. The molecule has 110 valence electrons. The van der Waals surface area contributed by atoms with E-state index in [9.17, 15) is 9.18 Å². The summed E-state index contributed by atoms with van der Waals surface area (Å²) >= 11 is 0. The third-order valence-electron chi connectivity index (χ3n) is 3.62. The van der Waals surface area contributed by atoms with E-state index in [1.807, 2.05) is 6.07 Å². The van der Waals surface area contributed by atoms with Gasteiger partial charge in [0.1, 0.15) is 5.82 Å². The number of benzene rings is 1. The molecule has 1 heterocycles. The maximum Gasteiger partial charge on any atom is 0.304 e. The van der Waals surface area contributed by atoms with Gasteiger partial charge in [-0.1, -0.05) is 12.1 Å². The fourth-order valence-corrected chi connectivity index (χ4v) is 2.55. The number of halogens is 1. The Morgan fingerprint density at radius 1 is 1.20 bits per heavy atom. The molecule has 0 atom stereocenters. The first kappa shape index (κ1) is 14.9. The van der Waals surface area contributed by atoms with Gasteiger partial charge in [0, 0.05) is 26.2 Å². The molecule has 1 saturated heterocycles. The van der Waals surface area contributed by atoms with Gasteiger partial charge in [-0.15, -0.1) is 0 Å². The Bertz CT molecular complexity index is 453. The lowest BCUT2D eigenvalue weighted by Gasteiger charge is -2.21. The highest BCUT2D eigenvalue weighted by atomic mass is 19.1. The quantitative estimate of drug-likeness (QED) is 0.893. The Balaban J connectivity index is 1.82. The summed E-state index contributed by atoms with van der Waals surface area (Å²) in [5, 5.41) is 8.71. The molecule has 1 aromatic rings. The van der Waals surface area contributed by atoms with E-state index >= 15 is 0 Å². The van der Waals surface area contributed by atoms with Crippen LogP contribution in [-0.4, -0.2) is 53.6 Å². The van der Waals surface area contributed by atoms with E-state index in [1.165, 1.54) is 6.07 Å². The molecule has 0 aliphatic carbocycles. The van der Waals surface area contributed by atoms with E-state index in [0.29, 0.717) is 6.54 Å². The maximum atomic E-state index is 13.2. The molecule has 1 aromatic carbocycles. The molecule has 0 amide bonds. The van der Waals surface area contributed by atoms with Crippen LogP contribution in [0.5, 0.6) is 0 Å². The number of carboxylic acids is 1. The summed E-state index contributed by atoms with van der Waals surface area (Å²) in [4.78, 5) is 15.1. The molecule has 1 fully saturated rings. The smallest absolute Gasteiger partial charge is 0.304 e. The van der Waals surface area contributed by atoms with Gasteiger partial charge in [-0.2, -0.15) is 0 Å². The molecule has 1 N–H and O–H groups in total. The van der Waals surface area contributed by atoms with Gasteiger partial charge in [-0.05, 0) is 37.2 Å². The molecule has 0 bridgehead atoms. The molecular weight excluding hydrogens is 259 g/mol. The summed E-state index contributed by atoms with van der Waals surface area (Å²) < 4.78 is 13.2. The van der Waals surface area contributed by atoms with Gasteiger partial charge < -0.3 is 10.0 Å². The molecule has 4 nitrogen and oxygen atoms in total. The zero-order chi connectivity index (χ0) is 14.4. The van der Waals surface area contributed by atoms with Crippen LogP contribution in [0, 0.1) is 5.82 Å². The summed E-state index contributed by atoms with van der Waals surface area (Å²) in [5.41, 5.74) is 0.990. The second-order valence-electron chi connectivity index (χ2n) is 5.25. The largest absolute Gasteiger partial charge is 0.481 e. The predicted octanol–water partition coefficient (Wildman–Crippen LogP) is 1.81. The first-order chi connectivity index (χ1) is 9.63. The van der Waals surface area contributed by atoms with Crippen molar-refractivity contribution in [2.45, 2.75) is 19.4 Å². The van der Waals surface area contributed by atoms with E-state index in [-0.39, 0.29) is 12.2 Å². The molecule has 0 unspecified atom stereocenters. The molecule has 0 saturated carbocycles. The van der Waals surface area contributed by atoms with Gasteiger partial charge in [-0.25, -0.2) is 4.39 Å². The Morgan fingerprint density at radius 2 is 1.95 bits per heavy atom. The molecule has 0 radical (unpaired) electrons. The van der Waals surface area contributed by atoms with Gasteiger partial charge in [0.05, 0.1) is 6.42 Å². The summed E-state index contributed by atoms with van der Waals surface area (Å²) in [5.74, 6) is -0.939. The van der Waals surface area contributed by atoms with Crippen molar-refractivity contribution in [3.63, 3.8) is 0 Å². The van der Waals surface area contributed by atoms with Crippen molar-refractivity contribution in [2.24, 2.45) is 0 Å².